The van der Waals surface area contributed by atoms with Crippen molar-refractivity contribution >= 4 is 33.2 Å². The highest BCUT2D eigenvalue weighted by Gasteiger charge is 2.44. The van der Waals surface area contributed by atoms with Gasteiger partial charge in [0.1, 0.15) is 0 Å². The van der Waals surface area contributed by atoms with Crippen molar-refractivity contribution in [3.63, 3.8) is 0 Å². The Hall–Kier alpha value is -1.96. The quantitative estimate of drug-likeness (QED) is 0.738. The molecule has 154 valence electrons. The normalized spacial score (nSPS) is 22.0. The molecule has 2 aromatic rings. The van der Waals surface area contributed by atoms with Gasteiger partial charge in [-0.2, -0.15) is 0 Å². The molecule has 1 saturated heterocycles. The lowest BCUT2D eigenvalue weighted by Gasteiger charge is -2.34. The fourth-order valence-corrected chi connectivity index (χ4v) is 5.53. The molecule has 0 saturated carbocycles. The number of halogens is 1. The lowest BCUT2D eigenvalue weighted by molar-refractivity contribution is 0.0982. The highest BCUT2D eigenvalue weighted by Crippen LogP contribution is 2.43. The van der Waals surface area contributed by atoms with Crippen molar-refractivity contribution in [1.29, 1.82) is 0 Å². The van der Waals surface area contributed by atoms with Gasteiger partial charge in [-0.05, 0) is 68.0 Å². The van der Waals surface area contributed by atoms with Crippen LogP contribution in [0.3, 0.4) is 0 Å². The molecule has 2 aliphatic rings. The first-order valence-corrected chi connectivity index (χ1v) is 11.9. The average molecular weight is 434 g/mol. The Bertz CT molecular complexity index is 1080. The summed E-state index contributed by atoms with van der Waals surface area (Å²) in [6.07, 6.45) is 6.41. The first kappa shape index (κ1) is 20.3. The first-order chi connectivity index (χ1) is 13.6. The van der Waals surface area contributed by atoms with E-state index in [1.807, 2.05) is 26.0 Å². The molecule has 1 aromatic carbocycles. The zero-order valence-electron chi connectivity index (χ0n) is 16.7. The third kappa shape index (κ3) is 3.56. The number of benzene rings is 1. The molecule has 6 nitrogen and oxygen atoms in total. The molecule has 1 amide bonds. The van der Waals surface area contributed by atoms with Crippen LogP contribution in [-0.4, -0.2) is 43.0 Å². The molecule has 4 rings (SSSR count). The number of amides is 1. The number of sulfonamides is 1. The Kier molecular flexibility index (Phi) is 4.96. The summed E-state index contributed by atoms with van der Waals surface area (Å²) in [5.41, 5.74) is 2.63. The van der Waals surface area contributed by atoms with E-state index in [0.717, 1.165) is 24.0 Å². The molecule has 0 radical (unpaired) electrons. The van der Waals surface area contributed by atoms with Gasteiger partial charge in [0.25, 0.3) is 5.91 Å². The third-order valence-electron chi connectivity index (χ3n) is 5.96. The number of hydrogen-bond donors (Lipinski definition) is 0. The van der Waals surface area contributed by atoms with Gasteiger partial charge in [0, 0.05) is 29.9 Å². The Balaban J connectivity index is 1.69. The number of nitrogens with zero attached hydrogens (tertiary/aromatic N) is 3. The summed E-state index contributed by atoms with van der Waals surface area (Å²) < 4.78 is 25.5. The maximum Gasteiger partial charge on any atom is 0.259 e. The fourth-order valence-electron chi connectivity index (χ4n) is 4.45. The van der Waals surface area contributed by atoms with E-state index in [2.05, 4.69) is 4.98 Å². The summed E-state index contributed by atoms with van der Waals surface area (Å²) >= 11 is 6.17. The van der Waals surface area contributed by atoms with Crippen LogP contribution in [-0.2, 0) is 15.6 Å². The predicted molar refractivity (Wildman–Crippen MR) is 114 cm³/mol. The molecular weight excluding hydrogens is 410 g/mol. The van der Waals surface area contributed by atoms with Gasteiger partial charge in [-0.3, -0.25) is 14.7 Å². The minimum atomic E-state index is -3.22. The summed E-state index contributed by atoms with van der Waals surface area (Å²) in [6.45, 7) is 4.98. The van der Waals surface area contributed by atoms with Crippen molar-refractivity contribution in [2.24, 2.45) is 0 Å². The number of piperidine rings is 1. The molecule has 0 bridgehead atoms. The largest absolute Gasteiger partial charge is 0.297 e. The van der Waals surface area contributed by atoms with Crippen molar-refractivity contribution in [3.05, 3.63) is 58.4 Å². The van der Waals surface area contributed by atoms with E-state index in [0.29, 0.717) is 29.4 Å². The highest BCUT2D eigenvalue weighted by molar-refractivity contribution is 7.88. The van der Waals surface area contributed by atoms with Gasteiger partial charge in [0.15, 0.2) is 0 Å². The van der Waals surface area contributed by atoms with Crippen LogP contribution in [0.5, 0.6) is 0 Å². The second kappa shape index (κ2) is 7.07. The second-order valence-electron chi connectivity index (χ2n) is 8.33. The molecule has 2 aliphatic heterocycles. The SMILES string of the molecule is CC1(C)c2cc(Cl)ccc2C(=O)N1c1cncc([C@@H]2CCCN(S(C)(=O)=O)C2)c1. The number of hydrogen-bond acceptors (Lipinski definition) is 4. The molecule has 8 heteroatoms. The Labute approximate surface area is 176 Å². The van der Waals surface area contributed by atoms with E-state index in [9.17, 15) is 13.2 Å². The third-order valence-corrected chi connectivity index (χ3v) is 7.47. The van der Waals surface area contributed by atoms with Crippen molar-refractivity contribution < 1.29 is 13.2 Å². The zero-order valence-corrected chi connectivity index (χ0v) is 18.3. The van der Waals surface area contributed by atoms with E-state index < -0.39 is 15.6 Å². The van der Waals surface area contributed by atoms with Crippen LogP contribution < -0.4 is 4.90 Å². The van der Waals surface area contributed by atoms with Gasteiger partial charge in [0.05, 0.1) is 23.7 Å². The van der Waals surface area contributed by atoms with Crippen LogP contribution in [0.15, 0.2) is 36.7 Å². The number of anilines is 1. The predicted octanol–water partition coefficient (Wildman–Crippen LogP) is 3.77. The van der Waals surface area contributed by atoms with Crippen LogP contribution >= 0.6 is 11.6 Å². The van der Waals surface area contributed by atoms with E-state index >= 15 is 0 Å². The molecule has 1 aromatic heterocycles. The van der Waals surface area contributed by atoms with Crippen LogP contribution in [0.1, 0.15) is 54.1 Å². The van der Waals surface area contributed by atoms with Gasteiger partial charge in [-0.1, -0.05) is 11.6 Å². The van der Waals surface area contributed by atoms with E-state index in [4.69, 9.17) is 11.6 Å². The van der Waals surface area contributed by atoms with Crippen molar-refractivity contribution in [2.75, 3.05) is 24.2 Å². The Morgan fingerprint density at radius 1 is 1.21 bits per heavy atom. The molecular formula is C21H24ClN3O3S. The highest BCUT2D eigenvalue weighted by atomic mass is 35.5. The number of aromatic nitrogens is 1. The lowest BCUT2D eigenvalue weighted by atomic mass is 9.91. The lowest BCUT2D eigenvalue weighted by Crippen LogP contribution is -2.40. The van der Waals surface area contributed by atoms with Crippen molar-refractivity contribution in [2.45, 2.75) is 38.1 Å². The number of fused-ring (bicyclic) bond motifs is 1. The van der Waals surface area contributed by atoms with Crippen LogP contribution in [0.4, 0.5) is 5.69 Å². The maximum absolute atomic E-state index is 13.2. The topological polar surface area (TPSA) is 70.6 Å². The maximum atomic E-state index is 13.2. The molecule has 0 aliphatic carbocycles. The van der Waals surface area contributed by atoms with E-state index in [1.54, 1.807) is 29.4 Å². The molecule has 1 atom stereocenters. The molecule has 0 unspecified atom stereocenters. The summed E-state index contributed by atoms with van der Waals surface area (Å²) in [4.78, 5) is 19.3. The molecule has 0 spiro atoms. The fraction of sp³-hybridized carbons (Fsp3) is 0.429. The molecule has 0 N–H and O–H groups in total. The van der Waals surface area contributed by atoms with E-state index in [-0.39, 0.29) is 11.8 Å². The molecule has 1 fully saturated rings. The van der Waals surface area contributed by atoms with Gasteiger partial charge < -0.3 is 0 Å². The summed E-state index contributed by atoms with van der Waals surface area (Å²) in [5.74, 6) is -0.0226. The van der Waals surface area contributed by atoms with Crippen LogP contribution in [0, 0.1) is 0 Å². The number of pyridine rings is 1. The minimum absolute atomic E-state index is 0.0589. The summed E-state index contributed by atoms with van der Waals surface area (Å²) in [7, 11) is -3.22. The second-order valence-corrected chi connectivity index (χ2v) is 10.7. The molecule has 29 heavy (non-hydrogen) atoms. The zero-order chi connectivity index (χ0) is 21.0. The van der Waals surface area contributed by atoms with E-state index in [1.165, 1.54) is 10.6 Å². The Morgan fingerprint density at radius 3 is 2.69 bits per heavy atom. The number of rotatable bonds is 3. The summed E-state index contributed by atoms with van der Waals surface area (Å²) in [6, 6.07) is 7.31. The number of carbonyl (C=O) groups excluding carboxylic acids is 1. The van der Waals surface area contributed by atoms with Crippen LogP contribution in [0.25, 0.3) is 0 Å². The van der Waals surface area contributed by atoms with Crippen LogP contribution in [0.2, 0.25) is 5.02 Å². The van der Waals surface area contributed by atoms with Crippen molar-refractivity contribution in [3.8, 4) is 0 Å². The Morgan fingerprint density at radius 2 is 1.97 bits per heavy atom. The smallest absolute Gasteiger partial charge is 0.259 e. The summed E-state index contributed by atoms with van der Waals surface area (Å²) in [5, 5.41) is 0.599. The number of carbonyl (C=O) groups is 1. The first-order valence-electron chi connectivity index (χ1n) is 9.63. The minimum Gasteiger partial charge on any atom is -0.297 e. The van der Waals surface area contributed by atoms with Gasteiger partial charge >= 0.3 is 0 Å². The van der Waals surface area contributed by atoms with Gasteiger partial charge in [-0.15, -0.1) is 0 Å². The van der Waals surface area contributed by atoms with Gasteiger partial charge in [0.2, 0.25) is 10.0 Å². The van der Waals surface area contributed by atoms with Gasteiger partial charge in [-0.25, -0.2) is 12.7 Å². The van der Waals surface area contributed by atoms with Crippen molar-refractivity contribution in [1.82, 2.24) is 9.29 Å². The average Bonchev–Trinajstić information content (AvgIpc) is 2.86. The molecule has 3 heterocycles. The monoisotopic (exact) mass is 433 g/mol. The standard InChI is InChI=1S/C21H24ClN3O3S/c1-21(2)19-10-16(22)6-7-18(19)20(26)25(21)17-9-15(11-23-12-17)14-5-4-8-24(13-14)29(3,27)28/h6-7,9-12,14H,4-5,8,13H2,1-3H3/t14-/m1/s1.